The highest BCUT2D eigenvalue weighted by Gasteiger charge is 2.54. The summed E-state index contributed by atoms with van der Waals surface area (Å²) in [4.78, 5) is 0. The molecule has 0 aromatic heterocycles. The van der Waals surface area contributed by atoms with Crippen LogP contribution < -0.4 is 0 Å². The lowest BCUT2D eigenvalue weighted by Gasteiger charge is -2.49. The Morgan fingerprint density at radius 1 is 1.23 bits per heavy atom. The molecule has 0 radical (unpaired) electrons. The van der Waals surface area contributed by atoms with Gasteiger partial charge in [-0.2, -0.15) is 0 Å². The van der Waals surface area contributed by atoms with Crippen molar-refractivity contribution < 1.29 is 9.53 Å². The van der Waals surface area contributed by atoms with Crippen LogP contribution in [0.4, 0.5) is 0 Å². The molecule has 2 saturated carbocycles. The number of aliphatic hydroxyl groups is 1. The maximum absolute atomic E-state index is 9.63. The summed E-state index contributed by atoms with van der Waals surface area (Å²) in [5.41, 5.74) is 0.382. The molecule has 2 aliphatic carbocycles. The van der Waals surface area contributed by atoms with E-state index in [9.17, 15) is 5.11 Å². The molecule has 0 saturated heterocycles. The Morgan fingerprint density at radius 3 is 2.41 bits per heavy atom. The molecule has 0 aliphatic heterocycles. The van der Waals surface area contributed by atoms with Gasteiger partial charge in [0.15, 0.2) is 8.32 Å². The number of fused-ring (bicyclic) bond motifs is 1. The third-order valence-electron chi connectivity index (χ3n) is 7.36. The molecule has 5 atom stereocenters. The number of hydrogen-bond acceptors (Lipinski definition) is 2. The van der Waals surface area contributed by atoms with Crippen LogP contribution in [0.15, 0.2) is 0 Å². The van der Waals surface area contributed by atoms with Gasteiger partial charge in [0, 0.05) is 12.7 Å². The molecule has 0 unspecified atom stereocenters. The maximum atomic E-state index is 9.63. The van der Waals surface area contributed by atoms with Crippen LogP contribution in [0.5, 0.6) is 0 Å². The van der Waals surface area contributed by atoms with Gasteiger partial charge in [-0.3, -0.25) is 0 Å². The van der Waals surface area contributed by atoms with E-state index in [0.29, 0.717) is 35.9 Å². The molecule has 0 bridgehead atoms. The minimum Gasteiger partial charge on any atom is -0.414 e. The molecule has 0 spiro atoms. The fourth-order valence-corrected chi connectivity index (χ4v) is 6.31. The Morgan fingerprint density at radius 2 is 1.86 bits per heavy atom. The third kappa shape index (κ3) is 3.18. The first-order chi connectivity index (χ1) is 10.0. The van der Waals surface area contributed by atoms with Gasteiger partial charge in [-0.05, 0) is 67.0 Å². The SMILES string of the molecule is C[C@H](CO)[C@H]1CC[C@H]2[C@@H](O[Si](C)(C)C(C)(C)C)CCC[C@@]12C. The normalized spacial score (nSPS) is 37.9. The molecule has 3 heteroatoms. The van der Waals surface area contributed by atoms with E-state index >= 15 is 0 Å². The van der Waals surface area contributed by atoms with E-state index < -0.39 is 8.32 Å². The summed E-state index contributed by atoms with van der Waals surface area (Å²) in [5.74, 6) is 1.81. The first-order valence-electron chi connectivity index (χ1n) is 9.31. The van der Waals surface area contributed by atoms with E-state index in [1.807, 2.05) is 0 Å². The Hall–Kier alpha value is 0.137. The summed E-state index contributed by atoms with van der Waals surface area (Å²) in [6.07, 6.45) is 6.89. The van der Waals surface area contributed by atoms with Gasteiger partial charge in [0.05, 0.1) is 0 Å². The number of rotatable bonds is 4. The molecule has 0 aromatic carbocycles. The largest absolute Gasteiger partial charge is 0.414 e. The Balaban J connectivity index is 2.17. The summed E-state index contributed by atoms with van der Waals surface area (Å²) >= 11 is 0. The molecular weight excluding hydrogens is 288 g/mol. The van der Waals surface area contributed by atoms with Crippen molar-refractivity contribution in [3.05, 3.63) is 0 Å². The van der Waals surface area contributed by atoms with Crippen LogP contribution in [0.1, 0.15) is 66.7 Å². The van der Waals surface area contributed by atoms with E-state index in [1.165, 1.54) is 32.1 Å². The topological polar surface area (TPSA) is 29.5 Å². The van der Waals surface area contributed by atoms with Crippen molar-refractivity contribution in [2.45, 2.75) is 91.0 Å². The van der Waals surface area contributed by atoms with Crippen LogP contribution in [0.3, 0.4) is 0 Å². The minimum atomic E-state index is -1.69. The quantitative estimate of drug-likeness (QED) is 0.718. The van der Waals surface area contributed by atoms with Crippen molar-refractivity contribution in [1.82, 2.24) is 0 Å². The Bertz CT molecular complexity index is 387. The second-order valence-electron chi connectivity index (χ2n) is 9.76. The Labute approximate surface area is 139 Å². The standard InChI is InChI=1S/C19H38O2Si/c1-14(13-20)15-10-11-16-17(9-8-12-19(15,16)5)21-22(6,7)18(2,3)4/h14-17,20H,8-13H2,1-7H3/t14-,15-,16+,17+,19+/m1/s1. The second-order valence-corrected chi connectivity index (χ2v) is 14.5. The van der Waals surface area contributed by atoms with Crippen LogP contribution in [0.2, 0.25) is 18.1 Å². The summed E-state index contributed by atoms with van der Waals surface area (Å²) in [6, 6.07) is 0. The lowest BCUT2D eigenvalue weighted by atomic mass is 9.62. The first-order valence-corrected chi connectivity index (χ1v) is 12.2. The molecule has 2 nitrogen and oxygen atoms in total. The molecule has 0 aromatic rings. The third-order valence-corrected chi connectivity index (χ3v) is 11.9. The van der Waals surface area contributed by atoms with Gasteiger partial charge in [0.1, 0.15) is 0 Å². The van der Waals surface area contributed by atoms with Crippen LogP contribution in [0.25, 0.3) is 0 Å². The highest BCUT2D eigenvalue weighted by atomic mass is 28.4. The first kappa shape index (κ1) is 18.5. The van der Waals surface area contributed by atoms with Crippen molar-refractivity contribution in [2.24, 2.45) is 23.2 Å². The van der Waals surface area contributed by atoms with Gasteiger partial charge < -0.3 is 9.53 Å². The minimum absolute atomic E-state index is 0.289. The summed E-state index contributed by atoms with van der Waals surface area (Å²) < 4.78 is 6.86. The predicted octanol–water partition coefficient (Wildman–Crippen LogP) is 5.22. The van der Waals surface area contributed by atoms with E-state index in [4.69, 9.17) is 4.43 Å². The predicted molar refractivity (Wildman–Crippen MR) is 96.5 cm³/mol. The van der Waals surface area contributed by atoms with E-state index in [1.54, 1.807) is 0 Å². The van der Waals surface area contributed by atoms with Crippen LogP contribution >= 0.6 is 0 Å². The Kier molecular flexibility index (Phi) is 5.22. The molecular formula is C19H38O2Si. The number of hydrogen-bond donors (Lipinski definition) is 1. The van der Waals surface area contributed by atoms with E-state index in [-0.39, 0.29) is 5.04 Å². The van der Waals surface area contributed by atoms with Gasteiger partial charge in [0.2, 0.25) is 0 Å². The highest BCUT2D eigenvalue weighted by Crippen LogP contribution is 2.59. The zero-order valence-electron chi connectivity index (χ0n) is 15.9. The van der Waals surface area contributed by atoms with Gasteiger partial charge in [-0.1, -0.05) is 41.0 Å². The molecule has 22 heavy (non-hydrogen) atoms. The van der Waals surface area contributed by atoms with Gasteiger partial charge in [-0.15, -0.1) is 0 Å². The summed E-state index contributed by atoms with van der Waals surface area (Å²) in [6.45, 7) is 16.9. The molecule has 0 amide bonds. The van der Waals surface area contributed by atoms with E-state index in [2.05, 4.69) is 47.7 Å². The summed E-state index contributed by atoms with van der Waals surface area (Å²) in [7, 11) is -1.69. The van der Waals surface area contributed by atoms with Gasteiger partial charge >= 0.3 is 0 Å². The summed E-state index contributed by atoms with van der Waals surface area (Å²) in [5, 5.41) is 9.92. The van der Waals surface area contributed by atoms with Gasteiger partial charge in [0.25, 0.3) is 0 Å². The van der Waals surface area contributed by atoms with Crippen molar-refractivity contribution in [2.75, 3.05) is 6.61 Å². The van der Waals surface area contributed by atoms with Crippen LogP contribution in [0, 0.1) is 23.2 Å². The molecule has 2 fully saturated rings. The molecule has 1 N–H and O–H groups in total. The maximum Gasteiger partial charge on any atom is 0.192 e. The zero-order valence-corrected chi connectivity index (χ0v) is 16.9. The van der Waals surface area contributed by atoms with Gasteiger partial charge in [-0.25, -0.2) is 0 Å². The van der Waals surface area contributed by atoms with Crippen molar-refractivity contribution in [3.8, 4) is 0 Å². The lowest BCUT2D eigenvalue weighted by molar-refractivity contribution is -0.0259. The molecule has 2 aliphatic rings. The highest BCUT2D eigenvalue weighted by molar-refractivity contribution is 6.74. The fourth-order valence-electron chi connectivity index (χ4n) is 4.92. The van der Waals surface area contributed by atoms with E-state index in [0.717, 1.165) is 0 Å². The second kappa shape index (κ2) is 6.21. The molecule has 0 heterocycles. The fraction of sp³-hybridized carbons (Fsp3) is 1.00. The van der Waals surface area contributed by atoms with Crippen LogP contribution in [-0.2, 0) is 4.43 Å². The van der Waals surface area contributed by atoms with Crippen LogP contribution in [-0.4, -0.2) is 26.1 Å². The lowest BCUT2D eigenvalue weighted by Crippen LogP contribution is -2.50. The molecule has 130 valence electrons. The van der Waals surface area contributed by atoms with Crippen molar-refractivity contribution in [1.29, 1.82) is 0 Å². The monoisotopic (exact) mass is 326 g/mol. The van der Waals surface area contributed by atoms with Crippen molar-refractivity contribution in [3.63, 3.8) is 0 Å². The van der Waals surface area contributed by atoms with Crippen molar-refractivity contribution >= 4 is 8.32 Å². The molecule has 2 rings (SSSR count). The smallest absolute Gasteiger partial charge is 0.192 e. The number of aliphatic hydroxyl groups excluding tert-OH is 1. The average molecular weight is 327 g/mol. The average Bonchev–Trinajstić information content (AvgIpc) is 2.74. The zero-order chi connectivity index (χ0) is 16.8.